The minimum Gasteiger partial charge on any atom is -0.321 e. The first-order valence-corrected chi connectivity index (χ1v) is 4.76. The highest BCUT2D eigenvalue weighted by Gasteiger charge is 2.12. The van der Waals surface area contributed by atoms with Crippen molar-refractivity contribution < 1.29 is 4.39 Å². The van der Waals surface area contributed by atoms with Crippen LogP contribution in [0.15, 0.2) is 29.3 Å². The lowest BCUT2D eigenvalue weighted by atomic mass is 10.1. The van der Waals surface area contributed by atoms with Crippen molar-refractivity contribution in [3.63, 3.8) is 0 Å². The molecule has 0 amide bonds. The van der Waals surface area contributed by atoms with Crippen LogP contribution in [0.5, 0.6) is 0 Å². The summed E-state index contributed by atoms with van der Waals surface area (Å²) in [6, 6.07) is 2.44. The lowest BCUT2D eigenvalue weighted by Gasteiger charge is -2.09. The predicted octanol–water partition coefficient (Wildman–Crippen LogP) is 3.43. The monoisotopic (exact) mass is 263 g/mol. The molecule has 13 heavy (non-hydrogen) atoms. The fraction of sp³-hybridized carbons (Fsp3) is 0.111. The summed E-state index contributed by atoms with van der Waals surface area (Å²) in [5, 5.41) is 0.445. The van der Waals surface area contributed by atoms with Crippen LogP contribution in [0.1, 0.15) is 11.6 Å². The summed E-state index contributed by atoms with van der Waals surface area (Å²) < 4.78 is 13.7. The quantitative estimate of drug-likeness (QED) is 0.643. The van der Waals surface area contributed by atoms with Crippen LogP contribution in [0.25, 0.3) is 0 Å². The van der Waals surface area contributed by atoms with Crippen molar-refractivity contribution in [2.45, 2.75) is 6.04 Å². The lowest BCUT2D eigenvalue weighted by Crippen LogP contribution is -2.09. The molecule has 0 saturated heterocycles. The minimum absolute atomic E-state index is 0.312. The van der Waals surface area contributed by atoms with Gasteiger partial charge in [0.25, 0.3) is 0 Å². The molecule has 0 aliphatic rings. The molecular weight excluding hydrogens is 256 g/mol. The topological polar surface area (TPSA) is 26.0 Å². The second kappa shape index (κ2) is 4.22. The van der Waals surface area contributed by atoms with Gasteiger partial charge >= 0.3 is 0 Å². The molecule has 0 aliphatic heterocycles. The van der Waals surface area contributed by atoms with E-state index in [0.29, 0.717) is 15.1 Å². The van der Waals surface area contributed by atoms with Gasteiger partial charge in [-0.1, -0.05) is 17.7 Å². The maximum absolute atomic E-state index is 13.4. The Morgan fingerprint density at radius 3 is 2.77 bits per heavy atom. The summed E-state index contributed by atoms with van der Waals surface area (Å²) in [6.07, 6.45) is 1.46. The fourth-order valence-corrected chi connectivity index (χ4v) is 1.78. The normalized spacial score (nSPS) is 12.6. The number of benzene rings is 1. The van der Waals surface area contributed by atoms with Gasteiger partial charge in [-0.25, -0.2) is 4.39 Å². The maximum Gasteiger partial charge on any atom is 0.142 e. The Balaban J connectivity index is 3.27. The molecule has 0 fully saturated rings. The Bertz CT molecular complexity index is 341. The van der Waals surface area contributed by atoms with Crippen LogP contribution >= 0.6 is 27.5 Å². The van der Waals surface area contributed by atoms with Crippen LogP contribution in [0, 0.1) is 5.82 Å². The molecule has 0 spiro atoms. The third-order valence-electron chi connectivity index (χ3n) is 1.63. The second-order valence-corrected chi connectivity index (χ2v) is 3.84. The van der Waals surface area contributed by atoms with E-state index >= 15 is 0 Å². The summed E-state index contributed by atoms with van der Waals surface area (Å²) in [6.45, 7) is 3.49. The van der Waals surface area contributed by atoms with E-state index in [-0.39, 0.29) is 0 Å². The summed E-state index contributed by atoms with van der Waals surface area (Å²) in [7, 11) is 0. The molecule has 0 bridgehead atoms. The third kappa shape index (κ3) is 2.30. The van der Waals surface area contributed by atoms with Crippen molar-refractivity contribution in [1.29, 1.82) is 0 Å². The fourth-order valence-electron chi connectivity index (χ4n) is 0.945. The Kier molecular flexibility index (Phi) is 3.47. The van der Waals surface area contributed by atoms with Crippen molar-refractivity contribution >= 4 is 27.5 Å². The molecule has 2 N–H and O–H groups in total. The Labute approximate surface area is 89.5 Å². The van der Waals surface area contributed by atoms with Gasteiger partial charge in [0, 0.05) is 10.6 Å². The molecule has 1 nitrogen and oxygen atoms in total. The van der Waals surface area contributed by atoms with Crippen molar-refractivity contribution in [1.82, 2.24) is 0 Å². The van der Waals surface area contributed by atoms with Crippen LogP contribution in [-0.2, 0) is 0 Å². The van der Waals surface area contributed by atoms with Gasteiger partial charge in [0.2, 0.25) is 0 Å². The molecule has 0 aromatic heterocycles. The molecule has 4 heteroatoms. The van der Waals surface area contributed by atoms with Gasteiger partial charge in [-0.2, -0.15) is 0 Å². The summed E-state index contributed by atoms with van der Waals surface area (Å²) in [5.41, 5.74) is 5.94. The van der Waals surface area contributed by atoms with E-state index in [4.69, 9.17) is 17.3 Å². The van der Waals surface area contributed by atoms with Gasteiger partial charge in [-0.3, -0.25) is 0 Å². The maximum atomic E-state index is 13.4. The van der Waals surface area contributed by atoms with E-state index in [1.165, 1.54) is 18.2 Å². The molecule has 1 rings (SSSR count). The highest BCUT2D eigenvalue weighted by Crippen LogP contribution is 2.27. The van der Waals surface area contributed by atoms with Crippen LogP contribution in [0.4, 0.5) is 4.39 Å². The standard InChI is InChI=1S/C9H8BrClFN/c1-2-8(13)6-3-5(11)4-7(10)9(6)12/h2-4,8H,1,13H2. The number of rotatable bonds is 2. The molecule has 0 aliphatic carbocycles. The molecule has 0 heterocycles. The van der Waals surface area contributed by atoms with Gasteiger partial charge in [0.15, 0.2) is 0 Å². The molecule has 0 radical (unpaired) electrons. The summed E-state index contributed by atoms with van der Waals surface area (Å²) in [4.78, 5) is 0. The lowest BCUT2D eigenvalue weighted by molar-refractivity contribution is 0.596. The third-order valence-corrected chi connectivity index (χ3v) is 2.43. The molecule has 1 aromatic rings. The van der Waals surface area contributed by atoms with Crippen molar-refractivity contribution in [2.24, 2.45) is 5.73 Å². The smallest absolute Gasteiger partial charge is 0.142 e. The van der Waals surface area contributed by atoms with E-state index in [0.717, 1.165) is 0 Å². The van der Waals surface area contributed by atoms with Gasteiger partial charge in [0.1, 0.15) is 5.82 Å². The van der Waals surface area contributed by atoms with Crippen molar-refractivity contribution in [3.05, 3.63) is 45.7 Å². The Hall–Kier alpha value is -0.380. The minimum atomic E-state index is -0.532. The van der Waals surface area contributed by atoms with Gasteiger partial charge < -0.3 is 5.73 Å². The average molecular weight is 265 g/mol. The van der Waals surface area contributed by atoms with E-state index < -0.39 is 11.9 Å². The van der Waals surface area contributed by atoms with Crippen LogP contribution in [0.2, 0.25) is 5.02 Å². The van der Waals surface area contributed by atoms with Crippen LogP contribution in [0.3, 0.4) is 0 Å². The first kappa shape index (κ1) is 10.7. The molecular formula is C9H8BrClFN. The van der Waals surface area contributed by atoms with E-state index in [2.05, 4.69) is 22.5 Å². The zero-order chi connectivity index (χ0) is 10.0. The Morgan fingerprint density at radius 2 is 2.23 bits per heavy atom. The van der Waals surface area contributed by atoms with Crippen LogP contribution in [-0.4, -0.2) is 0 Å². The highest BCUT2D eigenvalue weighted by molar-refractivity contribution is 9.10. The number of hydrogen-bond acceptors (Lipinski definition) is 1. The zero-order valence-corrected chi connectivity index (χ0v) is 9.07. The number of hydrogen-bond donors (Lipinski definition) is 1. The van der Waals surface area contributed by atoms with E-state index in [9.17, 15) is 4.39 Å². The molecule has 0 saturated carbocycles. The van der Waals surface area contributed by atoms with E-state index in [1.807, 2.05) is 0 Å². The molecule has 70 valence electrons. The number of nitrogens with two attached hydrogens (primary N) is 1. The first-order valence-electron chi connectivity index (χ1n) is 3.59. The van der Waals surface area contributed by atoms with Gasteiger partial charge in [-0.05, 0) is 28.1 Å². The SMILES string of the molecule is C=CC(N)c1cc(Cl)cc(Br)c1F. The summed E-state index contributed by atoms with van der Waals surface area (Å²) in [5.74, 6) is -0.392. The van der Waals surface area contributed by atoms with Crippen molar-refractivity contribution in [2.75, 3.05) is 0 Å². The average Bonchev–Trinajstić information content (AvgIpc) is 2.10. The van der Waals surface area contributed by atoms with Crippen molar-refractivity contribution in [3.8, 4) is 0 Å². The van der Waals surface area contributed by atoms with Crippen LogP contribution < -0.4 is 5.73 Å². The second-order valence-electron chi connectivity index (χ2n) is 2.55. The first-order chi connectivity index (χ1) is 6.06. The van der Waals surface area contributed by atoms with Gasteiger partial charge in [0.05, 0.1) is 10.5 Å². The largest absolute Gasteiger partial charge is 0.321 e. The molecule has 1 aromatic carbocycles. The summed E-state index contributed by atoms with van der Waals surface area (Å²) >= 11 is 8.78. The predicted molar refractivity (Wildman–Crippen MR) is 56.2 cm³/mol. The molecule has 1 atom stereocenters. The molecule has 1 unspecified atom stereocenters. The van der Waals surface area contributed by atoms with Gasteiger partial charge in [-0.15, -0.1) is 6.58 Å². The number of halogens is 3. The zero-order valence-electron chi connectivity index (χ0n) is 6.73. The Morgan fingerprint density at radius 1 is 1.62 bits per heavy atom. The van der Waals surface area contributed by atoms with E-state index in [1.54, 1.807) is 0 Å². The highest BCUT2D eigenvalue weighted by atomic mass is 79.9.